The predicted octanol–water partition coefficient (Wildman–Crippen LogP) is -0.196. The first-order valence-corrected chi connectivity index (χ1v) is 7.23. The van der Waals surface area contributed by atoms with Gasteiger partial charge in [-0.25, -0.2) is 4.79 Å². The number of ether oxygens (including phenoxy) is 4. The summed E-state index contributed by atoms with van der Waals surface area (Å²) < 4.78 is 21.5. The first-order valence-electron chi connectivity index (χ1n) is 7.23. The molecule has 0 aromatic rings. The number of amides is 2. The lowest BCUT2D eigenvalue weighted by molar-refractivity contribution is -0.00630. The highest BCUT2D eigenvalue weighted by Crippen LogP contribution is 2.04. The van der Waals surface area contributed by atoms with Crippen LogP contribution in [0.2, 0.25) is 0 Å². The minimum Gasteiger partial charge on any atom is -0.378 e. The van der Waals surface area contributed by atoms with E-state index in [0.29, 0.717) is 79.0 Å². The summed E-state index contributed by atoms with van der Waals surface area (Å²) in [5, 5.41) is 0. The molecule has 0 aromatic heterocycles. The fourth-order valence-electron chi connectivity index (χ4n) is 2.15. The van der Waals surface area contributed by atoms with Crippen molar-refractivity contribution < 1.29 is 23.7 Å². The zero-order valence-electron chi connectivity index (χ0n) is 11.9. The van der Waals surface area contributed by atoms with Crippen LogP contribution in [0.25, 0.3) is 0 Å². The third kappa shape index (κ3) is 5.24. The van der Waals surface area contributed by atoms with Gasteiger partial charge in [0.1, 0.15) is 0 Å². The van der Waals surface area contributed by atoms with Gasteiger partial charge >= 0.3 is 6.03 Å². The fourth-order valence-corrected chi connectivity index (χ4v) is 2.15. The third-order valence-corrected chi connectivity index (χ3v) is 3.31. The molecule has 7 nitrogen and oxygen atoms in total. The molecule has 2 aliphatic heterocycles. The maximum Gasteiger partial charge on any atom is 0.320 e. The quantitative estimate of drug-likeness (QED) is 0.618. The fraction of sp³-hybridized carbons (Fsp3) is 0.923. The molecule has 0 aromatic carbocycles. The van der Waals surface area contributed by atoms with Crippen LogP contribution in [0.5, 0.6) is 0 Å². The number of carbonyl (C=O) groups excluding carboxylic acids is 1. The topological polar surface area (TPSA) is 60.5 Å². The molecule has 2 rings (SSSR count). The molecular weight excluding hydrogens is 264 g/mol. The Balaban J connectivity index is 1.82. The van der Waals surface area contributed by atoms with E-state index in [0.717, 1.165) is 0 Å². The molecule has 116 valence electrons. The monoisotopic (exact) mass is 288 g/mol. The Morgan fingerprint density at radius 1 is 0.550 bits per heavy atom. The van der Waals surface area contributed by atoms with Gasteiger partial charge in [-0.2, -0.15) is 0 Å². The SMILES string of the molecule is O=C(N1CCOCCOCCOCC1)N1CCOCC1. The van der Waals surface area contributed by atoms with Gasteiger partial charge in [0.2, 0.25) is 0 Å². The van der Waals surface area contributed by atoms with Gasteiger partial charge in [0.05, 0.1) is 52.9 Å². The van der Waals surface area contributed by atoms with E-state index in [4.69, 9.17) is 18.9 Å². The molecule has 0 unspecified atom stereocenters. The minimum absolute atomic E-state index is 0.0498. The summed E-state index contributed by atoms with van der Waals surface area (Å²) in [6.07, 6.45) is 0. The molecule has 7 heteroatoms. The molecule has 0 spiro atoms. The van der Waals surface area contributed by atoms with E-state index < -0.39 is 0 Å². The zero-order valence-corrected chi connectivity index (χ0v) is 11.9. The summed E-state index contributed by atoms with van der Waals surface area (Å²) in [4.78, 5) is 16.1. The highest BCUT2D eigenvalue weighted by molar-refractivity contribution is 5.74. The first-order chi connectivity index (χ1) is 9.88. The Hall–Kier alpha value is -0.890. The summed E-state index contributed by atoms with van der Waals surface area (Å²) in [6.45, 7) is 7.02. The molecule has 2 fully saturated rings. The van der Waals surface area contributed by atoms with Crippen LogP contribution in [0.1, 0.15) is 0 Å². The van der Waals surface area contributed by atoms with E-state index in [-0.39, 0.29) is 6.03 Å². The Bertz CT molecular complexity index is 272. The third-order valence-electron chi connectivity index (χ3n) is 3.31. The summed E-state index contributed by atoms with van der Waals surface area (Å²) in [7, 11) is 0. The lowest BCUT2D eigenvalue weighted by Gasteiger charge is -2.33. The summed E-state index contributed by atoms with van der Waals surface area (Å²) in [5.74, 6) is 0. The Kier molecular flexibility index (Phi) is 7.07. The second-order valence-electron chi connectivity index (χ2n) is 4.71. The second kappa shape index (κ2) is 9.12. The van der Waals surface area contributed by atoms with Gasteiger partial charge in [-0.3, -0.25) is 0 Å². The van der Waals surface area contributed by atoms with Gasteiger partial charge in [0.15, 0.2) is 0 Å². The molecule has 0 atom stereocenters. The van der Waals surface area contributed by atoms with Crippen molar-refractivity contribution >= 4 is 6.03 Å². The van der Waals surface area contributed by atoms with E-state index in [2.05, 4.69) is 0 Å². The molecule has 0 N–H and O–H groups in total. The van der Waals surface area contributed by atoms with Crippen molar-refractivity contribution in [2.45, 2.75) is 0 Å². The van der Waals surface area contributed by atoms with E-state index in [1.807, 2.05) is 4.90 Å². The highest BCUT2D eigenvalue weighted by Gasteiger charge is 2.22. The maximum atomic E-state index is 12.4. The first kappa shape index (κ1) is 15.5. The maximum absolute atomic E-state index is 12.4. The average Bonchev–Trinajstić information content (AvgIpc) is 2.48. The molecule has 0 aliphatic carbocycles. The molecule has 2 amide bonds. The van der Waals surface area contributed by atoms with E-state index in [9.17, 15) is 4.79 Å². The van der Waals surface area contributed by atoms with Crippen LogP contribution in [0, 0.1) is 0 Å². The molecule has 2 saturated heterocycles. The van der Waals surface area contributed by atoms with Crippen molar-refractivity contribution in [1.29, 1.82) is 0 Å². The van der Waals surface area contributed by atoms with Crippen molar-refractivity contribution in [2.75, 3.05) is 79.0 Å². The van der Waals surface area contributed by atoms with Crippen molar-refractivity contribution in [3.8, 4) is 0 Å². The van der Waals surface area contributed by atoms with Crippen molar-refractivity contribution in [3.63, 3.8) is 0 Å². The van der Waals surface area contributed by atoms with Gasteiger partial charge in [0, 0.05) is 26.2 Å². The van der Waals surface area contributed by atoms with Crippen molar-refractivity contribution in [1.82, 2.24) is 9.80 Å². The van der Waals surface area contributed by atoms with Crippen molar-refractivity contribution in [2.24, 2.45) is 0 Å². The molecular formula is C13H24N2O5. The molecule has 0 radical (unpaired) electrons. The number of carbonyl (C=O) groups is 1. The Morgan fingerprint density at radius 3 is 1.25 bits per heavy atom. The largest absolute Gasteiger partial charge is 0.378 e. The average molecular weight is 288 g/mol. The molecule has 0 bridgehead atoms. The van der Waals surface area contributed by atoms with Gasteiger partial charge < -0.3 is 28.7 Å². The predicted molar refractivity (Wildman–Crippen MR) is 71.8 cm³/mol. The van der Waals surface area contributed by atoms with Crippen LogP contribution in [0.3, 0.4) is 0 Å². The number of hydrogen-bond acceptors (Lipinski definition) is 5. The second-order valence-corrected chi connectivity index (χ2v) is 4.71. The van der Waals surface area contributed by atoms with Crippen LogP contribution < -0.4 is 0 Å². The van der Waals surface area contributed by atoms with Gasteiger partial charge in [-0.05, 0) is 0 Å². The molecule has 20 heavy (non-hydrogen) atoms. The van der Waals surface area contributed by atoms with Gasteiger partial charge in [-0.1, -0.05) is 0 Å². The standard InChI is InChI=1S/C13H24N2O5/c16-13(14-1-5-17-6-2-14)15-3-7-18-9-11-20-12-10-19-8-4-15/h1-12H2. The lowest BCUT2D eigenvalue weighted by Crippen LogP contribution is -2.50. The molecule has 2 heterocycles. The number of nitrogens with zero attached hydrogens (tertiary/aromatic N) is 2. The Labute approximate surface area is 119 Å². The lowest BCUT2D eigenvalue weighted by atomic mass is 10.4. The number of urea groups is 1. The zero-order chi connectivity index (χ0) is 14.0. The minimum atomic E-state index is 0.0498. The number of hydrogen-bond donors (Lipinski definition) is 0. The molecule has 2 aliphatic rings. The van der Waals surface area contributed by atoms with Crippen LogP contribution >= 0.6 is 0 Å². The van der Waals surface area contributed by atoms with Crippen LogP contribution in [-0.4, -0.2) is 94.9 Å². The van der Waals surface area contributed by atoms with Crippen LogP contribution in [-0.2, 0) is 18.9 Å². The highest BCUT2D eigenvalue weighted by atomic mass is 16.5. The van der Waals surface area contributed by atoms with Crippen LogP contribution in [0.4, 0.5) is 4.79 Å². The van der Waals surface area contributed by atoms with Gasteiger partial charge in [0.25, 0.3) is 0 Å². The summed E-state index contributed by atoms with van der Waals surface area (Å²) >= 11 is 0. The van der Waals surface area contributed by atoms with Crippen molar-refractivity contribution in [3.05, 3.63) is 0 Å². The van der Waals surface area contributed by atoms with E-state index in [1.54, 1.807) is 4.90 Å². The van der Waals surface area contributed by atoms with Crippen LogP contribution in [0.15, 0.2) is 0 Å². The van der Waals surface area contributed by atoms with E-state index >= 15 is 0 Å². The summed E-state index contributed by atoms with van der Waals surface area (Å²) in [6, 6.07) is 0.0498. The van der Waals surface area contributed by atoms with E-state index in [1.165, 1.54) is 0 Å². The Morgan fingerprint density at radius 2 is 0.850 bits per heavy atom. The number of morpholine rings is 1. The van der Waals surface area contributed by atoms with Gasteiger partial charge in [-0.15, -0.1) is 0 Å². The molecule has 0 saturated carbocycles. The number of rotatable bonds is 0. The smallest absolute Gasteiger partial charge is 0.320 e. The summed E-state index contributed by atoms with van der Waals surface area (Å²) in [5.41, 5.74) is 0. The normalized spacial score (nSPS) is 23.8.